The minimum Gasteiger partial charge on any atom is -0.497 e. The van der Waals surface area contributed by atoms with Crippen LogP contribution in [0.4, 0.5) is 0 Å². The topological polar surface area (TPSA) is 415 Å². The molecule has 2 aliphatic heterocycles. The number of primary amides is 3. The van der Waals surface area contributed by atoms with Crippen molar-refractivity contribution in [3.8, 4) is 5.75 Å². The maximum absolute atomic E-state index is 14.7. The molecule has 17 N–H and O–H groups in total. The molecule has 0 radical (unpaired) electrons. The number of likely N-dealkylation sites (tertiary alicyclic amines) is 1. The second-order valence-corrected chi connectivity index (χ2v) is 21.9. The van der Waals surface area contributed by atoms with Gasteiger partial charge in [-0.3, -0.25) is 52.7 Å². The van der Waals surface area contributed by atoms with Gasteiger partial charge in [0.2, 0.25) is 65.0 Å². The fraction of sp³-hybridized carbons (Fsp3) is 0.531. The summed E-state index contributed by atoms with van der Waals surface area (Å²) in [5.41, 5.74) is 29.8. The number of benzene rings is 2. The van der Waals surface area contributed by atoms with Gasteiger partial charge in [-0.25, -0.2) is 0 Å². The number of nitrogens with zero attached hydrogens (tertiary/aromatic N) is 1. The van der Waals surface area contributed by atoms with Crippen LogP contribution < -0.4 is 70.6 Å². The Morgan fingerprint density at radius 2 is 1.33 bits per heavy atom. The first-order valence-electron chi connectivity index (χ1n) is 24.7. The van der Waals surface area contributed by atoms with Gasteiger partial charge in [0.1, 0.15) is 48.0 Å². The fourth-order valence-electron chi connectivity index (χ4n) is 8.21. The highest BCUT2D eigenvalue weighted by molar-refractivity contribution is 8.77. The van der Waals surface area contributed by atoms with Gasteiger partial charge in [-0.1, -0.05) is 64.1 Å². The molecule has 2 saturated heterocycles. The Kier molecular flexibility index (Phi) is 24.3. The number of nitrogens with two attached hydrogens (primary N) is 5. The molecule has 0 spiro atoms. The minimum absolute atomic E-state index is 0.0303. The molecule has 2 fully saturated rings. The molecular weight excluding hydrogens is 1030 g/mol. The van der Waals surface area contributed by atoms with Crippen LogP contribution >= 0.6 is 21.6 Å². The SMILES string of the molecule is COc1ccc(C[C@@H]2NC(=O)[C@@H](N)C(C)(C)SSC[C@@H](C(=O)N3CCC[C@H]3C(=O)N[C@@H](CCCCN)C(=O)NCC(N)=O)NC(=O)[C@H](CC(N)=O)NC(=O)[C@H](CCC(N)=O)NC(=O)[C@@H](Cc3ccccc3)NC2=O)cc1. The van der Waals surface area contributed by atoms with Crippen LogP contribution in [0.15, 0.2) is 54.6 Å². The highest BCUT2D eigenvalue weighted by atomic mass is 33.1. The molecule has 0 saturated carbocycles. The molecule has 27 heteroatoms. The third-order valence-electron chi connectivity index (χ3n) is 12.5. The molecule has 2 aromatic rings. The van der Waals surface area contributed by atoms with Gasteiger partial charge < -0.3 is 75.5 Å². The van der Waals surface area contributed by atoms with E-state index in [1.807, 2.05) is 0 Å². The third kappa shape index (κ3) is 19.3. The number of unbranched alkanes of at least 4 members (excludes halogenated alkanes) is 1. The van der Waals surface area contributed by atoms with Crippen molar-refractivity contribution in [2.24, 2.45) is 28.7 Å². The Labute approximate surface area is 448 Å². The van der Waals surface area contributed by atoms with E-state index in [4.69, 9.17) is 33.4 Å². The third-order valence-corrected chi connectivity index (χ3v) is 15.8. The van der Waals surface area contributed by atoms with Crippen molar-refractivity contribution in [3.05, 3.63) is 65.7 Å². The lowest BCUT2D eigenvalue weighted by Gasteiger charge is -2.33. The average molecular weight is 1100 g/mol. The Morgan fingerprint density at radius 3 is 1.92 bits per heavy atom. The molecule has 25 nitrogen and oxygen atoms in total. The van der Waals surface area contributed by atoms with Crippen molar-refractivity contribution in [2.45, 2.75) is 131 Å². The molecule has 0 aliphatic carbocycles. The molecule has 8 atom stereocenters. The first kappa shape index (κ1) is 61.6. The molecular formula is C49H71N13O12S2. The normalized spacial score (nSPS) is 23.2. The summed E-state index contributed by atoms with van der Waals surface area (Å²) in [5, 5.41) is 18.1. The summed E-state index contributed by atoms with van der Waals surface area (Å²) >= 11 is 0. The van der Waals surface area contributed by atoms with Crippen molar-refractivity contribution >= 4 is 86.6 Å². The summed E-state index contributed by atoms with van der Waals surface area (Å²) in [6, 6.07) is 3.97. The summed E-state index contributed by atoms with van der Waals surface area (Å²) < 4.78 is 4.12. The molecule has 0 bridgehead atoms. The zero-order chi connectivity index (χ0) is 56.1. The minimum atomic E-state index is -1.78. The van der Waals surface area contributed by atoms with E-state index in [1.54, 1.807) is 68.4 Å². The maximum atomic E-state index is 14.7. The van der Waals surface area contributed by atoms with Gasteiger partial charge in [0.25, 0.3) is 0 Å². The Bertz CT molecular complexity index is 2400. The first-order valence-corrected chi connectivity index (χ1v) is 27.0. The molecule has 11 amide bonds. The summed E-state index contributed by atoms with van der Waals surface area (Å²) in [6.45, 7) is 3.14. The van der Waals surface area contributed by atoms with Gasteiger partial charge in [0.05, 0.1) is 26.1 Å². The number of rotatable bonds is 20. The second-order valence-electron chi connectivity index (χ2n) is 18.9. The predicted molar refractivity (Wildman–Crippen MR) is 283 cm³/mol. The number of nitrogens with one attached hydrogen (secondary N) is 7. The standard InChI is InChI=1S/C49H71N13O12S2/c1-49(2)40(54)47(72)60-33(23-28-14-16-29(74-3)17-15-28)44(69)58-32(22-27-10-5-4-6-11-27)43(68)56-31(18-19-37(51)63)42(67)59-34(24-38(52)64)45(70)61-35(26-75-76-49)48(73)62-21-9-13-36(62)46(71)57-30(12-7-8-20-50)41(66)55-25-39(53)65/h4-6,10-11,14-17,30-36,40H,7-9,12-13,18-26,50,54H2,1-3H3,(H2,51,63)(H2,52,64)(H2,53,65)(H,55,66)(H,56,68)(H,57,71)(H,58,69)(H,59,67)(H,60,72)(H,61,70)/t30-,31-,32+,33-,34-,35-,36-,40+/m0/s1. The molecule has 76 heavy (non-hydrogen) atoms. The first-order chi connectivity index (χ1) is 36.0. The molecule has 2 aliphatic rings. The van der Waals surface area contributed by atoms with E-state index in [-0.39, 0.29) is 38.0 Å². The van der Waals surface area contributed by atoms with E-state index in [2.05, 4.69) is 37.2 Å². The van der Waals surface area contributed by atoms with E-state index < -0.39 is 144 Å². The molecule has 0 unspecified atom stereocenters. The second kappa shape index (κ2) is 29.9. The summed E-state index contributed by atoms with van der Waals surface area (Å²) in [5.74, 6) is -9.25. The van der Waals surface area contributed by atoms with E-state index in [0.717, 1.165) is 21.6 Å². The van der Waals surface area contributed by atoms with Crippen LogP contribution in [-0.2, 0) is 65.6 Å². The molecule has 0 aromatic heterocycles. The lowest BCUT2D eigenvalue weighted by Crippen LogP contribution is -2.62. The lowest BCUT2D eigenvalue weighted by molar-refractivity contribution is -0.142. The monoisotopic (exact) mass is 1100 g/mol. The Balaban J connectivity index is 1.77. The number of methoxy groups -OCH3 is 1. The summed E-state index contributed by atoms with van der Waals surface area (Å²) in [6.07, 6.45) is -0.320. The van der Waals surface area contributed by atoms with Gasteiger partial charge in [-0.15, -0.1) is 0 Å². The zero-order valence-corrected chi connectivity index (χ0v) is 44.4. The van der Waals surface area contributed by atoms with Gasteiger partial charge in [-0.2, -0.15) is 0 Å². The largest absolute Gasteiger partial charge is 0.497 e. The van der Waals surface area contributed by atoms with E-state index in [1.165, 1.54) is 12.0 Å². The highest BCUT2D eigenvalue weighted by Crippen LogP contribution is 2.38. The van der Waals surface area contributed by atoms with Crippen molar-refractivity contribution in [2.75, 3.05) is 32.5 Å². The van der Waals surface area contributed by atoms with Crippen LogP contribution in [0.25, 0.3) is 0 Å². The zero-order valence-electron chi connectivity index (χ0n) is 42.8. The lowest BCUT2D eigenvalue weighted by atomic mass is 9.99. The number of hydrogen-bond donors (Lipinski definition) is 12. The highest BCUT2D eigenvalue weighted by Gasteiger charge is 2.42. The quantitative estimate of drug-likeness (QED) is 0.0458. The smallest absolute Gasteiger partial charge is 0.246 e. The average Bonchev–Trinajstić information content (AvgIpc) is 3.88. The van der Waals surface area contributed by atoms with E-state index >= 15 is 0 Å². The van der Waals surface area contributed by atoms with Crippen molar-refractivity contribution in [1.82, 2.24) is 42.1 Å². The van der Waals surface area contributed by atoms with Crippen molar-refractivity contribution in [3.63, 3.8) is 0 Å². The Hall–Kier alpha value is -6.97. The van der Waals surface area contributed by atoms with Crippen molar-refractivity contribution < 1.29 is 57.5 Å². The van der Waals surface area contributed by atoms with Crippen LogP contribution in [0.2, 0.25) is 0 Å². The number of carbonyl (C=O) groups excluding carboxylic acids is 11. The molecule has 2 aromatic carbocycles. The molecule has 2 heterocycles. The fourth-order valence-corrected chi connectivity index (χ4v) is 11.0. The summed E-state index contributed by atoms with van der Waals surface area (Å²) in [7, 11) is 3.57. The van der Waals surface area contributed by atoms with Gasteiger partial charge in [0.15, 0.2) is 0 Å². The van der Waals surface area contributed by atoms with Crippen LogP contribution in [0, 0.1) is 0 Å². The van der Waals surface area contributed by atoms with Crippen molar-refractivity contribution in [1.29, 1.82) is 0 Å². The van der Waals surface area contributed by atoms with Gasteiger partial charge in [-0.05, 0) is 82.2 Å². The van der Waals surface area contributed by atoms with E-state index in [9.17, 15) is 52.7 Å². The predicted octanol–water partition coefficient (Wildman–Crippen LogP) is -3.25. The maximum Gasteiger partial charge on any atom is 0.246 e. The Morgan fingerprint density at radius 1 is 0.750 bits per heavy atom. The number of amides is 11. The van der Waals surface area contributed by atoms with Gasteiger partial charge >= 0.3 is 0 Å². The molecule has 416 valence electrons. The van der Waals surface area contributed by atoms with Crippen LogP contribution in [0.5, 0.6) is 5.75 Å². The van der Waals surface area contributed by atoms with Gasteiger partial charge in [0, 0.05) is 36.3 Å². The number of carbonyl (C=O) groups is 11. The number of hydrogen-bond acceptors (Lipinski definition) is 16. The van der Waals surface area contributed by atoms with Crippen LogP contribution in [0.3, 0.4) is 0 Å². The number of ether oxygens (including phenoxy) is 1. The molecule has 4 rings (SSSR count). The summed E-state index contributed by atoms with van der Waals surface area (Å²) in [4.78, 5) is 151. The van der Waals surface area contributed by atoms with Crippen LogP contribution in [0.1, 0.15) is 76.3 Å². The van der Waals surface area contributed by atoms with E-state index in [0.29, 0.717) is 42.7 Å². The van der Waals surface area contributed by atoms with Crippen LogP contribution in [-0.4, -0.2) is 155 Å².